The Morgan fingerprint density at radius 1 is 1.07 bits per heavy atom. The highest BCUT2D eigenvalue weighted by molar-refractivity contribution is 6.13. The van der Waals surface area contributed by atoms with E-state index in [2.05, 4.69) is 15.3 Å². The van der Waals surface area contributed by atoms with Crippen LogP contribution in [0.25, 0.3) is 33.4 Å². The smallest absolute Gasteiger partial charge is 0.255 e. The first-order valence-corrected chi connectivity index (χ1v) is 9.48. The van der Waals surface area contributed by atoms with Gasteiger partial charge in [0.2, 0.25) is 0 Å². The van der Waals surface area contributed by atoms with Crippen LogP contribution in [0, 0.1) is 5.82 Å². The molecule has 4 rings (SSSR count). The molecule has 1 amide bonds. The number of nitrogens with one attached hydrogen (secondary N) is 1. The predicted octanol–water partition coefficient (Wildman–Crippen LogP) is 4.84. The predicted molar refractivity (Wildman–Crippen MR) is 112 cm³/mol. The van der Waals surface area contributed by atoms with Crippen LogP contribution in [0.2, 0.25) is 0 Å². The van der Waals surface area contributed by atoms with Gasteiger partial charge in [0.25, 0.3) is 5.91 Å². The van der Waals surface area contributed by atoms with Gasteiger partial charge in [0.15, 0.2) is 0 Å². The van der Waals surface area contributed by atoms with Gasteiger partial charge in [-0.25, -0.2) is 14.4 Å². The number of aromatic nitrogens is 2. The Balaban J connectivity index is 2.03. The van der Waals surface area contributed by atoms with E-state index in [1.807, 2.05) is 26.0 Å². The second kappa shape index (κ2) is 7.94. The number of hydrogen-bond donors (Lipinski definition) is 1. The topological polar surface area (TPSA) is 77.3 Å². The summed E-state index contributed by atoms with van der Waals surface area (Å²) in [5, 5.41) is 3.22. The Morgan fingerprint density at radius 3 is 2.40 bits per heavy atom. The number of benzene rings is 2. The molecule has 0 bridgehead atoms. The van der Waals surface area contributed by atoms with Gasteiger partial charge in [0.05, 0.1) is 17.1 Å². The molecule has 0 fully saturated rings. The van der Waals surface area contributed by atoms with E-state index in [4.69, 9.17) is 9.15 Å². The Hall–Kier alpha value is -3.74. The lowest BCUT2D eigenvalue weighted by Crippen LogP contribution is -2.18. The molecule has 0 saturated heterocycles. The van der Waals surface area contributed by atoms with Crippen LogP contribution in [0.5, 0.6) is 5.75 Å². The summed E-state index contributed by atoms with van der Waals surface area (Å²) in [4.78, 5) is 21.0. The lowest BCUT2D eigenvalue weighted by atomic mass is 10.0. The van der Waals surface area contributed by atoms with E-state index in [-0.39, 0.29) is 17.8 Å². The molecular formula is C23H20FN3O3. The lowest BCUT2D eigenvalue weighted by Gasteiger charge is -2.13. The molecule has 0 aliphatic heterocycles. The molecule has 6 nitrogen and oxygen atoms in total. The molecule has 152 valence electrons. The molecule has 1 N–H and O–H groups in total. The molecule has 2 heterocycles. The quantitative estimate of drug-likeness (QED) is 0.514. The molecule has 4 aromatic rings. The molecule has 2 aromatic carbocycles. The van der Waals surface area contributed by atoms with Gasteiger partial charge in [-0.1, -0.05) is 0 Å². The minimum Gasteiger partial charge on any atom is -0.490 e. The number of hydrogen-bond acceptors (Lipinski definition) is 5. The van der Waals surface area contributed by atoms with E-state index in [0.717, 1.165) is 11.1 Å². The van der Waals surface area contributed by atoms with Crippen molar-refractivity contribution in [2.45, 2.75) is 20.0 Å². The summed E-state index contributed by atoms with van der Waals surface area (Å²) in [5.74, 6) is 0.167. The molecule has 2 aromatic heterocycles. The number of rotatable bonds is 5. The Kier molecular flexibility index (Phi) is 5.18. The molecule has 0 radical (unpaired) electrons. The van der Waals surface area contributed by atoms with Crippen LogP contribution in [-0.4, -0.2) is 29.0 Å². The normalized spacial score (nSPS) is 11.1. The second-order valence-electron chi connectivity index (χ2n) is 7.03. The van der Waals surface area contributed by atoms with Crippen molar-refractivity contribution in [1.82, 2.24) is 15.3 Å². The number of halogens is 1. The molecule has 0 aliphatic rings. The molecule has 7 heteroatoms. The summed E-state index contributed by atoms with van der Waals surface area (Å²) >= 11 is 0. The molecule has 0 atom stereocenters. The molecule has 0 spiro atoms. The first-order valence-electron chi connectivity index (χ1n) is 9.48. The van der Waals surface area contributed by atoms with Crippen LogP contribution in [0.1, 0.15) is 24.2 Å². The molecule has 0 aliphatic carbocycles. The zero-order valence-electron chi connectivity index (χ0n) is 16.8. The summed E-state index contributed by atoms with van der Waals surface area (Å²) in [5.41, 5.74) is 2.98. The van der Waals surface area contributed by atoms with Crippen LogP contribution < -0.4 is 10.1 Å². The third-order valence-electron chi connectivity index (χ3n) is 4.57. The van der Waals surface area contributed by atoms with Crippen LogP contribution in [0.4, 0.5) is 4.39 Å². The summed E-state index contributed by atoms with van der Waals surface area (Å²) in [6.45, 7) is 3.81. The van der Waals surface area contributed by atoms with Crippen molar-refractivity contribution in [2.75, 3.05) is 7.05 Å². The van der Waals surface area contributed by atoms with E-state index in [0.29, 0.717) is 33.6 Å². The molecule has 0 unspecified atom stereocenters. The first kappa shape index (κ1) is 19.6. The fraction of sp³-hybridized carbons (Fsp3) is 0.174. The van der Waals surface area contributed by atoms with E-state index < -0.39 is 0 Å². The van der Waals surface area contributed by atoms with Crippen molar-refractivity contribution >= 4 is 16.9 Å². The first-order chi connectivity index (χ1) is 14.5. The highest BCUT2D eigenvalue weighted by atomic mass is 19.1. The zero-order chi connectivity index (χ0) is 21.3. The van der Waals surface area contributed by atoms with Gasteiger partial charge in [0, 0.05) is 30.6 Å². The number of amides is 1. The maximum Gasteiger partial charge on any atom is 0.255 e. The highest BCUT2D eigenvalue weighted by Gasteiger charge is 2.26. The maximum atomic E-state index is 13.4. The van der Waals surface area contributed by atoms with Crippen LogP contribution in [0.15, 0.2) is 59.5 Å². The van der Waals surface area contributed by atoms with E-state index >= 15 is 0 Å². The monoisotopic (exact) mass is 405 g/mol. The van der Waals surface area contributed by atoms with Crippen LogP contribution >= 0.6 is 0 Å². The Morgan fingerprint density at radius 2 is 1.77 bits per heavy atom. The number of furan rings is 1. The fourth-order valence-corrected chi connectivity index (χ4v) is 3.30. The van der Waals surface area contributed by atoms with Gasteiger partial charge < -0.3 is 14.5 Å². The minimum atomic E-state index is -0.369. The van der Waals surface area contributed by atoms with Crippen LogP contribution in [-0.2, 0) is 0 Å². The van der Waals surface area contributed by atoms with Crippen molar-refractivity contribution in [3.8, 4) is 28.2 Å². The van der Waals surface area contributed by atoms with Gasteiger partial charge >= 0.3 is 0 Å². The number of nitrogens with zero attached hydrogens (tertiary/aromatic N) is 2. The third-order valence-corrected chi connectivity index (χ3v) is 4.57. The van der Waals surface area contributed by atoms with Gasteiger partial charge in [-0.05, 0) is 55.8 Å². The van der Waals surface area contributed by atoms with E-state index in [9.17, 15) is 9.18 Å². The summed E-state index contributed by atoms with van der Waals surface area (Å²) in [6, 6.07) is 9.48. The molecule has 0 saturated carbocycles. The molecule has 30 heavy (non-hydrogen) atoms. The average molecular weight is 405 g/mol. The number of ether oxygens (including phenoxy) is 1. The number of fused-ring (bicyclic) bond motifs is 1. The highest BCUT2D eigenvalue weighted by Crippen LogP contribution is 2.41. The summed E-state index contributed by atoms with van der Waals surface area (Å²) in [7, 11) is 1.55. The van der Waals surface area contributed by atoms with Crippen molar-refractivity contribution in [2.24, 2.45) is 0 Å². The van der Waals surface area contributed by atoms with Crippen molar-refractivity contribution in [1.29, 1.82) is 0 Å². The van der Waals surface area contributed by atoms with E-state index in [1.165, 1.54) is 18.5 Å². The average Bonchev–Trinajstić information content (AvgIpc) is 3.13. The zero-order valence-corrected chi connectivity index (χ0v) is 16.8. The number of carbonyl (C=O) groups is 1. The lowest BCUT2D eigenvalue weighted by molar-refractivity contribution is 0.0964. The largest absolute Gasteiger partial charge is 0.490 e. The Labute approximate surface area is 172 Å². The number of carbonyl (C=O) groups excluding carboxylic acids is 1. The molecular weight excluding hydrogens is 385 g/mol. The second-order valence-corrected chi connectivity index (χ2v) is 7.03. The van der Waals surface area contributed by atoms with Gasteiger partial charge in [-0.2, -0.15) is 0 Å². The van der Waals surface area contributed by atoms with Crippen molar-refractivity contribution in [3.63, 3.8) is 0 Å². The van der Waals surface area contributed by atoms with Gasteiger partial charge in [0.1, 0.15) is 29.2 Å². The Bertz CT molecular complexity index is 1200. The maximum absolute atomic E-state index is 13.4. The van der Waals surface area contributed by atoms with Crippen molar-refractivity contribution in [3.05, 3.63) is 66.5 Å². The summed E-state index contributed by atoms with van der Waals surface area (Å²) < 4.78 is 25.6. The van der Waals surface area contributed by atoms with Crippen LogP contribution in [0.3, 0.4) is 0 Å². The van der Waals surface area contributed by atoms with Crippen molar-refractivity contribution < 1.29 is 18.3 Å². The van der Waals surface area contributed by atoms with Gasteiger partial charge in [-0.15, -0.1) is 0 Å². The fourth-order valence-electron chi connectivity index (χ4n) is 3.30. The SMILES string of the molecule is CNC(=O)c1c(-c2ccc(F)cc2)oc2cc(-c3cncnc3)cc(OC(C)C)c12. The standard InChI is InChI=1S/C23H20FN3O3/c1-13(2)29-18-8-15(16-10-26-12-27-11-16)9-19-20(18)21(23(28)25-3)22(30-19)14-4-6-17(24)7-5-14/h4-13H,1-3H3,(H,25,28). The summed E-state index contributed by atoms with van der Waals surface area (Å²) in [6.07, 6.45) is 4.71. The van der Waals surface area contributed by atoms with E-state index in [1.54, 1.807) is 31.6 Å². The minimum absolute atomic E-state index is 0.128. The van der Waals surface area contributed by atoms with Gasteiger partial charge in [-0.3, -0.25) is 4.79 Å². The third kappa shape index (κ3) is 3.61.